The Morgan fingerprint density at radius 1 is 1.25 bits per heavy atom. The van der Waals surface area contributed by atoms with Crippen LogP contribution in [-0.4, -0.2) is 30.5 Å². The van der Waals surface area contributed by atoms with Gasteiger partial charge in [-0.2, -0.15) is 0 Å². The van der Waals surface area contributed by atoms with Crippen molar-refractivity contribution in [3.8, 4) is 0 Å². The molecule has 0 aliphatic heterocycles. The van der Waals surface area contributed by atoms with E-state index in [0.717, 1.165) is 6.54 Å². The number of hydrogen-bond donors (Lipinski definition) is 2. The molecule has 16 heavy (non-hydrogen) atoms. The molecule has 1 aromatic rings. The lowest BCUT2D eigenvalue weighted by atomic mass is 10.2. The molecule has 1 aromatic carbocycles. The molecule has 3 nitrogen and oxygen atoms in total. The second kappa shape index (κ2) is 7.39. The van der Waals surface area contributed by atoms with Gasteiger partial charge in [0.25, 0.3) is 0 Å². The van der Waals surface area contributed by atoms with Gasteiger partial charge in [0.05, 0.1) is 18.8 Å². The molecule has 0 saturated heterocycles. The van der Waals surface area contributed by atoms with Gasteiger partial charge in [-0.3, -0.25) is 0 Å². The van der Waals surface area contributed by atoms with Gasteiger partial charge in [-0.1, -0.05) is 30.3 Å². The Hall–Kier alpha value is -0.900. The van der Waals surface area contributed by atoms with Gasteiger partial charge in [0.2, 0.25) is 0 Å². The van der Waals surface area contributed by atoms with E-state index in [9.17, 15) is 5.11 Å². The van der Waals surface area contributed by atoms with Crippen molar-refractivity contribution in [2.75, 3.05) is 13.2 Å². The average Bonchev–Trinajstić information content (AvgIpc) is 2.28. The van der Waals surface area contributed by atoms with E-state index < -0.39 is 6.10 Å². The predicted molar refractivity (Wildman–Crippen MR) is 65.2 cm³/mol. The molecule has 0 fully saturated rings. The zero-order chi connectivity index (χ0) is 11.8. The van der Waals surface area contributed by atoms with E-state index in [1.165, 1.54) is 5.56 Å². The van der Waals surface area contributed by atoms with Crippen molar-refractivity contribution in [1.29, 1.82) is 0 Å². The molecule has 90 valence electrons. The third kappa shape index (κ3) is 5.85. The van der Waals surface area contributed by atoms with Gasteiger partial charge < -0.3 is 15.2 Å². The molecule has 0 aromatic heterocycles. The van der Waals surface area contributed by atoms with Crippen LogP contribution in [0.25, 0.3) is 0 Å². The highest BCUT2D eigenvalue weighted by Crippen LogP contribution is 1.97. The minimum Gasteiger partial charge on any atom is -0.389 e. The summed E-state index contributed by atoms with van der Waals surface area (Å²) in [6.07, 6.45) is -0.269. The van der Waals surface area contributed by atoms with Crippen LogP contribution in [-0.2, 0) is 11.3 Å². The smallest absolute Gasteiger partial charge is 0.0897 e. The van der Waals surface area contributed by atoms with Crippen LogP contribution in [0.2, 0.25) is 0 Å². The van der Waals surface area contributed by atoms with Crippen molar-refractivity contribution in [3.63, 3.8) is 0 Å². The molecule has 0 saturated carbocycles. The van der Waals surface area contributed by atoms with E-state index in [1.807, 2.05) is 32.0 Å². The van der Waals surface area contributed by atoms with Crippen LogP contribution in [0.4, 0.5) is 0 Å². The molecular weight excluding hydrogens is 202 g/mol. The summed E-state index contributed by atoms with van der Waals surface area (Å²) in [5.41, 5.74) is 1.22. The van der Waals surface area contributed by atoms with Gasteiger partial charge in [0, 0.05) is 13.1 Å². The standard InChI is InChI=1S/C13H21NO2/c1-11(2)16-10-13(15)9-14-8-12-6-4-3-5-7-12/h3-7,11,13-15H,8-10H2,1-2H3/t13-/m1/s1. The van der Waals surface area contributed by atoms with E-state index in [4.69, 9.17) is 4.74 Å². The van der Waals surface area contributed by atoms with Crippen LogP contribution in [0, 0.1) is 0 Å². The number of hydrogen-bond acceptors (Lipinski definition) is 3. The molecule has 0 heterocycles. The van der Waals surface area contributed by atoms with Crippen LogP contribution in [0.3, 0.4) is 0 Å². The van der Waals surface area contributed by atoms with Crippen molar-refractivity contribution < 1.29 is 9.84 Å². The Bertz CT molecular complexity index is 275. The minimum atomic E-state index is -0.439. The zero-order valence-corrected chi connectivity index (χ0v) is 10.0. The maximum Gasteiger partial charge on any atom is 0.0897 e. The third-order valence-corrected chi connectivity index (χ3v) is 2.17. The highest BCUT2D eigenvalue weighted by molar-refractivity contribution is 5.14. The minimum absolute atomic E-state index is 0.170. The summed E-state index contributed by atoms with van der Waals surface area (Å²) in [6.45, 7) is 5.65. The summed E-state index contributed by atoms with van der Waals surface area (Å²) in [6, 6.07) is 10.1. The molecule has 0 aliphatic carbocycles. The number of nitrogens with one attached hydrogen (secondary N) is 1. The highest BCUT2D eigenvalue weighted by Gasteiger charge is 2.04. The first-order valence-electron chi connectivity index (χ1n) is 5.73. The Morgan fingerprint density at radius 2 is 1.94 bits per heavy atom. The first-order valence-corrected chi connectivity index (χ1v) is 5.73. The Kier molecular flexibility index (Phi) is 6.08. The van der Waals surface area contributed by atoms with Gasteiger partial charge in [-0.05, 0) is 19.4 Å². The molecule has 1 atom stereocenters. The molecule has 2 N–H and O–H groups in total. The van der Waals surface area contributed by atoms with Crippen molar-refractivity contribution >= 4 is 0 Å². The van der Waals surface area contributed by atoms with Crippen LogP contribution in [0.15, 0.2) is 30.3 Å². The Labute approximate surface area is 97.4 Å². The summed E-state index contributed by atoms with van der Waals surface area (Å²) >= 11 is 0. The number of ether oxygens (including phenoxy) is 1. The number of rotatable bonds is 7. The lowest BCUT2D eigenvalue weighted by molar-refractivity contribution is 0.00630. The quantitative estimate of drug-likeness (QED) is 0.737. The lowest BCUT2D eigenvalue weighted by Gasteiger charge is -2.14. The number of aliphatic hydroxyl groups is 1. The number of benzene rings is 1. The van der Waals surface area contributed by atoms with Gasteiger partial charge in [-0.15, -0.1) is 0 Å². The largest absolute Gasteiger partial charge is 0.389 e. The van der Waals surface area contributed by atoms with Crippen LogP contribution in [0.5, 0.6) is 0 Å². The zero-order valence-electron chi connectivity index (χ0n) is 10.0. The molecule has 0 unspecified atom stereocenters. The molecule has 0 aliphatic rings. The molecule has 0 radical (unpaired) electrons. The van der Waals surface area contributed by atoms with Gasteiger partial charge >= 0.3 is 0 Å². The van der Waals surface area contributed by atoms with Crippen molar-refractivity contribution in [1.82, 2.24) is 5.32 Å². The first kappa shape index (κ1) is 13.2. The van der Waals surface area contributed by atoms with E-state index in [0.29, 0.717) is 13.2 Å². The molecule has 1 rings (SSSR count). The fourth-order valence-electron chi connectivity index (χ4n) is 1.34. The Balaban J connectivity index is 2.11. The molecule has 0 amide bonds. The van der Waals surface area contributed by atoms with E-state index >= 15 is 0 Å². The lowest BCUT2D eigenvalue weighted by Crippen LogP contribution is -2.31. The van der Waals surface area contributed by atoms with Gasteiger partial charge in [0.15, 0.2) is 0 Å². The molecule has 0 bridgehead atoms. The van der Waals surface area contributed by atoms with Gasteiger partial charge in [0.1, 0.15) is 0 Å². The second-order valence-corrected chi connectivity index (χ2v) is 4.15. The van der Waals surface area contributed by atoms with Crippen LogP contribution in [0.1, 0.15) is 19.4 Å². The monoisotopic (exact) mass is 223 g/mol. The highest BCUT2D eigenvalue weighted by atomic mass is 16.5. The predicted octanol–water partition coefficient (Wildman–Crippen LogP) is 1.56. The summed E-state index contributed by atoms with van der Waals surface area (Å²) in [7, 11) is 0. The van der Waals surface area contributed by atoms with Crippen molar-refractivity contribution in [2.24, 2.45) is 0 Å². The van der Waals surface area contributed by atoms with Crippen molar-refractivity contribution in [3.05, 3.63) is 35.9 Å². The summed E-state index contributed by atoms with van der Waals surface area (Å²) in [5.74, 6) is 0. The fourth-order valence-corrected chi connectivity index (χ4v) is 1.34. The maximum absolute atomic E-state index is 9.59. The summed E-state index contributed by atoms with van der Waals surface area (Å²) in [4.78, 5) is 0. The summed E-state index contributed by atoms with van der Waals surface area (Å²) < 4.78 is 5.32. The molecule has 3 heteroatoms. The SMILES string of the molecule is CC(C)OC[C@H](O)CNCc1ccccc1. The second-order valence-electron chi connectivity index (χ2n) is 4.15. The molecule has 0 spiro atoms. The van der Waals surface area contributed by atoms with E-state index in [2.05, 4.69) is 17.4 Å². The Morgan fingerprint density at radius 3 is 2.56 bits per heavy atom. The average molecular weight is 223 g/mol. The maximum atomic E-state index is 9.59. The fraction of sp³-hybridized carbons (Fsp3) is 0.538. The first-order chi connectivity index (χ1) is 7.68. The normalized spacial score (nSPS) is 13.0. The van der Waals surface area contributed by atoms with Crippen LogP contribution >= 0.6 is 0 Å². The summed E-state index contributed by atoms with van der Waals surface area (Å²) in [5, 5.41) is 12.8. The number of aliphatic hydroxyl groups excluding tert-OH is 1. The van der Waals surface area contributed by atoms with E-state index in [-0.39, 0.29) is 6.10 Å². The topological polar surface area (TPSA) is 41.5 Å². The van der Waals surface area contributed by atoms with E-state index in [1.54, 1.807) is 0 Å². The van der Waals surface area contributed by atoms with Crippen LogP contribution < -0.4 is 5.32 Å². The third-order valence-electron chi connectivity index (χ3n) is 2.17. The molecular formula is C13H21NO2. The van der Waals surface area contributed by atoms with Crippen molar-refractivity contribution in [2.45, 2.75) is 32.6 Å². The van der Waals surface area contributed by atoms with Gasteiger partial charge in [-0.25, -0.2) is 0 Å².